The molecule has 1 rings (SSSR count). The fourth-order valence-corrected chi connectivity index (χ4v) is 1.34. The van der Waals surface area contributed by atoms with Crippen LogP contribution in [0.2, 0.25) is 0 Å². The van der Waals surface area contributed by atoms with E-state index in [4.69, 9.17) is 24.8 Å². The Morgan fingerprint density at radius 2 is 1.74 bits per heavy atom. The molecule has 104 valence electrons. The van der Waals surface area contributed by atoms with Crippen LogP contribution in [0.15, 0.2) is 24.3 Å². The largest absolute Gasteiger partial charge is 0.487 e. The lowest BCUT2D eigenvalue weighted by atomic mass is 10.2. The number of rotatable bonds is 8. The van der Waals surface area contributed by atoms with Gasteiger partial charge >= 0.3 is 5.97 Å². The molecule has 0 aliphatic heterocycles. The standard InChI is InChI=1S/C13H16O6/c14-5-7-18-11-3-1-10(2-4-13(16)17)9-12(11)19-8-6-15/h1-4,9,14-15H,5-8H2,(H,16,17)/b4-2+. The third kappa shape index (κ3) is 5.41. The van der Waals surface area contributed by atoms with E-state index in [0.717, 1.165) is 6.08 Å². The summed E-state index contributed by atoms with van der Waals surface area (Å²) in [6.07, 6.45) is 2.43. The van der Waals surface area contributed by atoms with Crippen LogP contribution in [-0.4, -0.2) is 47.7 Å². The van der Waals surface area contributed by atoms with E-state index in [9.17, 15) is 4.79 Å². The molecule has 0 atom stereocenters. The van der Waals surface area contributed by atoms with Gasteiger partial charge in [-0.2, -0.15) is 0 Å². The van der Waals surface area contributed by atoms with Crippen molar-refractivity contribution in [3.8, 4) is 11.5 Å². The molecule has 0 aliphatic carbocycles. The number of carbonyl (C=O) groups is 1. The number of hydrogen-bond donors (Lipinski definition) is 3. The monoisotopic (exact) mass is 268 g/mol. The molecule has 0 aromatic heterocycles. The van der Waals surface area contributed by atoms with Crippen LogP contribution in [0.5, 0.6) is 11.5 Å². The maximum Gasteiger partial charge on any atom is 0.328 e. The Labute approximate surface area is 110 Å². The van der Waals surface area contributed by atoms with E-state index in [1.807, 2.05) is 0 Å². The van der Waals surface area contributed by atoms with Crippen molar-refractivity contribution in [2.24, 2.45) is 0 Å². The van der Waals surface area contributed by atoms with Gasteiger partial charge in [-0.15, -0.1) is 0 Å². The number of ether oxygens (including phenoxy) is 2. The second kappa shape index (κ2) is 8.12. The van der Waals surface area contributed by atoms with Gasteiger partial charge in [-0.1, -0.05) is 6.07 Å². The first kappa shape index (κ1) is 15.0. The number of aliphatic hydroxyl groups is 2. The zero-order chi connectivity index (χ0) is 14.1. The third-order valence-corrected chi connectivity index (χ3v) is 2.08. The van der Waals surface area contributed by atoms with E-state index in [1.165, 1.54) is 6.08 Å². The highest BCUT2D eigenvalue weighted by atomic mass is 16.5. The zero-order valence-electron chi connectivity index (χ0n) is 10.3. The molecule has 1 aromatic rings. The summed E-state index contributed by atoms with van der Waals surface area (Å²) < 4.78 is 10.6. The van der Waals surface area contributed by atoms with Crippen LogP contribution >= 0.6 is 0 Å². The number of benzene rings is 1. The lowest BCUT2D eigenvalue weighted by Gasteiger charge is -2.12. The molecular formula is C13H16O6. The van der Waals surface area contributed by atoms with Crippen molar-refractivity contribution in [1.29, 1.82) is 0 Å². The van der Waals surface area contributed by atoms with Crippen LogP contribution in [0, 0.1) is 0 Å². The highest BCUT2D eigenvalue weighted by molar-refractivity contribution is 5.85. The minimum absolute atomic E-state index is 0.0988. The third-order valence-electron chi connectivity index (χ3n) is 2.08. The smallest absolute Gasteiger partial charge is 0.328 e. The molecule has 6 heteroatoms. The van der Waals surface area contributed by atoms with Crippen molar-refractivity contribution >= 4 is 12.0 Å². The minimum Gasteiger partial charge on any atom is -0.487 e. The molecule has 0 radical (unpaired) electrons. The first-order valence-corrected chi connectivity index (χ1v) is 5.69. The van der Waals surface area contributed by atoms with Crippen molar-refractivity contribution in [1.82, 2.24) is 0 Å². The molecule has 0 amide bonds. The summed E-state index contributed by atoms with van der Waals surface area (Å²) in [5, 5.41) is 26.0. The SMILES string of the molecule is O=C(O)/C=C/c1ccc(OCCO)c(OCCO)c1. The highest BCUT2D eigenvalue weighted by Gasteiger charge is 2.06. The Kier molecular flexibility index (Phi) is 6.42. The minimum atomic E-state index is -1.04. The quantitative estimate of drug-likeness (QED) is 0.595. The lowest BCUT2D eigenvalue weighted by Crippen LogP contribution is -2.06. The Hall–Kier alpha value is -2.05. The summed E-state index contributed by atoms with van der Waals surface area (Å²) in [6, 6.07) is 4.88. The lowest BCUT2D eigenvalue weighted by molar-refractivity contribution is -0.131. The molecule has 6 nitrogen and oxygen atoms in total. The van der Waals surface area contributed by atoms with Gasteiger partial charge in [0, 0.05) is 6.08 Å². The van der Waals surface area contributed by atoms with Crippen molar-refractivity contribution in [3.05, 3.63) is 29.8 Å². The van der Waals surface area contributed by atoms with E-state index < -0.39 is 5.97 Å². The summed E-state index contributed by atoms with van der Waals surface area (Å²) in [7, 11) is 0. The maximum atomic E-state index is 10.4. The predicted octanol–water partition coefficient (Wildman–Crippen LogP) is 0.527. The fourth-order valence-electron chi connectivity index (χ4n) is 1.34. The fraction of sp³-hybridized carbons (Fsp3) is 0.308. The molecule has 0 saturated carbocycles. The zero-order valence-corrected chi connectivity index (χ0v) is 10.3. The number of carboxylic acids is 1. The second-order valence-corrected chi connectivity index (χ2v) is 3.52. The molecule has 3 N–H and O–H groups in total. The number of carboxylic acid groups (broad SMARTS) is 1. The van der Waals surface area contributed by atoms with Gasteiger partial charge in [-0.3, -0.25) is 0 Å². The molecule has 0 unspecified atom stereocenters. The first-order valence-electron chi connectivity index (χ1n) is 5.69. The van der Waals surface area contributed by atoms with E-state index in [1.54, 1.807) is 18.2 Å². The topological polar surface area (TPSA) is 96.2 Å². The van der Waals surface area contributed by atoms with Crippen LogP contribution in [0.4, 0.5) is 0 Å². The van der Waals surface area contributed by atoms with Gasteiger partial charge < -0.3 is 24.8 Å². The highest BCUT2D eigenvalue weighted by Crippen LogP contribution is 2.28. The molecule has 0 aliphatic rings. The summed E-state index contributed by atoms with van der Waals surface area (Å²) in [4.78, 5) is 10.4. The Balaban J connectivity index is 2.89. The van der Waals surface area contributed by atoms with E-state index in [-0.39, 0.29) is 26.4 Å². The summed E-state index contributed by atoms with van der Waals surface area (Å²) >= 11 is 0. The average molecular weight is 268 g/mol. The van der Waals surface area contributed by atoms with E-state index in [2.05, 4.69) is 0 Å². The maximum absolute atomic E-state index is 10.4. The Morgan fingerprint density at radius 3 is 2.32 bits per heavy atom. The normalized spacial score (nSPS) is 10.6. The predicted molar refractivity (Wildman–Crippen MR) is 68.3 cm³/mol. The van der Waals surface area contributed by atoms with Gasteiger partial charge in [-0.25, -0.2) is 4.79 Å². The van der Waals surface area contributed by atoms with Gasteiger partial charge in [0.25, 0.3) is 0 Å². The number of hydrogen-bond acceptors (Lipinski definition) is 5. The summed E-state index contributed by atoms with van der Waals surface area (Å²) in [6.45, 7) is -0.0455. The van der Waals surface area contributed by atoms with Crippen molar-refractivity contribution in [2.75, 3.05) is 26.4 Å². The van der Waals surface area contributed by atoms with Crippen LogP contribution in [0.3, 0.4) is 0 Å². The molecular weight excluding hydrogens is 252 g/mol. The van der Waals surface area contributed by atoms with E-state index in [0.29, 0.717) is 17.1 Å². The molecule has 1 aromatic carbocycles. The summed E-state index contributed by atoms with van der Waals surface area (Å²) in [5.74, 6) is -0.233. The number of aliphatic hydroxyl groups excluding tert-OH is 2. The van der Waals surface area contributed by atoms with Crippen LogP contribution in [-0.2, 0) is 4.79 Å². The first-order chi connectivity index (χ1) is 9.17. The molecule has 0 spiro atoms. The molecule has 0 saturated heterocycles. The van der Waals surface area contributed by atoms with Gasteiger partial charge in [-0.05, 0) is 23.8 Å². The molecule has 0 heterocycles. The summed E-state index contributed by atoms with van der Waals surface area (Å²) in [5.41, 5.74) is 0.631. The number of aliphatic carboxylic acids is 1. The Bertz CT molecular complexity index is 441. The second-order valence-electron chi connectivity index (χ2n) is 3.52. The van der Waals surface area contributed by atoms with Crippen molar-refractivity contribution in [3.63, 3.8) is 0 Å². The van der Waals surface area contributed by atoms with Gasteiger partial charge in [0.1, 0.15) is 13.2 Å². The van der Waals surface area contributed by atoms with Crippen LogP contribution in [0.1, 0.15) is 5.56 Å². The Morgan fingerprint density at radius 1 is 1.11 bits per heavy atom. The van der Waals surface area contributed by atoms with Crippen molar-refractivity contribution in [2.45, 2.75) is 0 Å². The molecule has 19 heavy (non-hydrogen) atoms. The van der Waals surface area contributed by atoms with Crippen LogP contribution < -0.4 is 9.47 Å². The van der Waals surface area contributed by atoms with Gasteiger partial charge in [0.2, 0.25) is 0 Å². The van der Waals surface area contributed by atoms with Crippen LogP contribution in [0.25, 0.3) is 6.08 Å². The molecule has 0 bridgehead atoms. The van der Waals surface area contributed by atoms with Crippen molar-refractivity contribution < 1.29 is 29.6 Å². The van der Waals surface area contributed by atoms with E-state index >= 15 is 0 Å². The van der Waals surface area contributed by atoms with Gasteiger partial charge in [0.05, 0.1) is 13.2 Å². The molecule has 0 fully saturated rings. The van der Waals surface area contributed by atoms with Gasteiger partial charge in [0.15, 0.2) is 11.5 Å². The average Bonchev–Trinajstić information content (AvgIpc) is 2.41.